The zero-order valence-corrected chi connectivity index (χ0v) is 12.1. The Morgan fingerprint density at radius 1 is 1.26 bits per heavy atom. The summed E-state index contributed by atoms with van der Waals surface area (Å²) in [6.07, 6.45) is 3.29. The first kappa shape index (κ1) is 16.0. The summed E-state index contributed by atoms with van der Waals surface area (Å²) in [5.41, 5.74) is -1.11. The van der Waals surface area contributed by atoms with Crippen LogP contribution in [-0.4, -0.2) is 35.2 Å². The molecule has 110 valence electrons. The second-order valence-electron chi connectivity index (χ2n) is 5.26. The smallest absolute Gasteiger partial charge is 0.329 e. The highest BCUT2D eigenvalue weighted by atomic mass is 16.5. The van der Waals surface area contributed by atoms with Crippen molar-refractivity contribution in [3.63, 3.8) is 0 Å². The SMILES string of the molecule is CCOC1CC(CC(=O)NC(CC)(CC)C(=O)O)C1. The van der Waals surface area contributed by atoms with Crippen molar-refractivity contribution in [2.24, 2.45) is 5.92 Å². The van der Waals surface area contributed by atoms with Crippen molar-refractivity contribution < 1.29 is 19.4 Å². The van der Waals surface area contributed by atoms with Crippen molar-refractivity contribution in [3.05, 3.63) is 0 Å². The number of amides is 1. The van der Waals surface area contributed by atoms with Gasteiger partial charge in [0.05, 0.1) is 6.10 Å². The van der Waals surface area contributed by atoms with Gasteiger partial charge in [0.2, 0.25) is 5.91 Å². The number of nitrogens with one attached hydrogen (secondary N) is 1. The fourth-order valence-corrected chi connectivity index (χ4v) is 2.58. The first-order valence-electron chi connectivity index (χ1n) is 7.13. The van der Waals surface area contributed by atoms with Crippen LogP contribution >= 0.6 is 0 Å². The molecule has 0 unspecified atom stereocenters. The minimum absolute atomic E-state index is 0.161. The second kappa shape index (κ2) is 6.89. The van der Waals surface area contributed by atoms with Crippen molar-refractivity contribution in [3.8, 4) is 0 Å². The van der Waals surface area contributed by atoms with Gasteiger partial charge < -0.3 is 15.2 Å². The Hall–Kier alpha value is -1.10. The van der Waals surface area contributed by atoms with Crippen LogP contribution < -0.4 is 5.32 Å². The standard InChI is InChI=1S/C14H25NO4/c1-4-14(5-2,13(17)18)15-12(16)9-10-7-11(8-10)19-6-3/h10-11H,4-9H2,1-3H3,(H,15,16)(H,17,18). The summed E-state index contributed by atoms with van der Waals surface area (Å²) < 4.78 is 5.45. The molecule has 2 N–H and O–H groups in total. The number of rotatable bonds is 8. The number of hydrogen-bond acceptors (Lipinski definition) is 3. The number of carboxylic acids is 1. The maximum Gasteiger partial charge on any atom is 0.329 e. The summed E-state index contributed by atoms with van der Waals surface area (Å²) in [7, 11) is 0. The van der Waals surface area contributed by atoms with E-state index in [0.717, 1.165) is 12.8 Å². The molecule has 0 aromatic rings. The van der Waals surface area contributed by atoms with Gasteiger partial charge in [-0.05, 0) is 38.5 Å². The number of carboxylic acid groups (broad SMARTS) is 1. The molecule has 0 radical (unpaired) electrons. The topological polar surface area (TPSA) is 75.6 Å². The molecular formula is C14H25NO4. The molecule has 0 atom stereocenters. The Morgan fingerprint density at radius 3 is 2.26 bits per heavy atom. The van der Waals surface area contributed by atoms with E-state index in [-0.39, 0.29) is 12.0 Å². The third kappa shape index (κ3) is 3.93. The molecule has 0 aromatic heterocycles. The summed E-state index contributed by atoms with van der Waals surface area (Å²) in [6.45, 7) is 6.24. The maximum absolute atomic E-state index is 11.9. The maximum atomic E-state index is 11.9. The molecule has 0 aromatic carbocycles. The van der Waals surface area contributed by atoms with Crippen LogP contribution in [0.3, 0.4) is 0 Å². The molecule has 0 heterocycles. The molecule has 0 aliphatic heterocycles. The van der Waals surface area contributed by atoms with Crippen molar-refractivity contribution >= 4 is 11.9 Å². The van der Waals surface area contributed by atoms with Crippen LogP contribution in [0.2, 0.25) is 0 Å². The van der Waals surface area contributed by atoms with E-state index in [1.54, 1.807) is 13.8 Å². The zero-order valence-electron chi connectivity index (χ0n) is 12.1. The lowest BCUT2D eigenvalue weighted by molar-refractivity contribution is -0.148. The Morgan fingerprint density at radius 2 is 1.84 bits per heavy atom. The second-order valence-corrected chi connectivity index (χ2v) is 5.26. The molecule has 1 amide bonds. The van der Waals surface area contributed by atoms with Crippen LogP contribution in [0.4, 0.5) is 0 Å². The average Bonchev–Trinajstić information content (AvgIpc) is 2.33. The lowest BCUT2D eigenvalue weighted by Crippen LogP contribution is -2.54. The predicted octanol–water partition coefficient (Wildman–Crippen LogP) is 1.95. The molecule has 1 saturated carbocycles. The average molecular weight is 271 g/mol. The van der Waals surface area contributed by atoms with Gasteiger partial charge in [-0.3, -0.25) is 4.79 Å². The van der Waals surface area contributed by atoms with Crippen molar-refractivity contribution in [1.29, 1.82) is 0 Å². The Balaban J connectivity index is 2.41. The van der Waals surface area contributed by atoms with Gasteiger partial charge in [0.15, 0.2) is 0 Å². The van der Waals surface area contributed by atoms with Crippen molar-refractivity contribution in [1.82, 2.24) is 5.32 Å². The normalized spacial score (nSPS) is 22.7. The predicted molar refractivity (Wildman–Crippen MR) is 71.8 cm³/mol. The van der Waals surface area contributed by atoms with Gasteiger partial charge in [0, 0.05) is 13.0 Å². The lowest BCUT2D eigenvalue weighted by atomic mass is 9.79. The molecule has 0 spiro atoms. The molecule has 5 heteroatoms. The van der Waals surface area contributed by atoms with E-state index < -0.39 is 11.5 Å². The van der Waals surface area contributed by atoms with Crippen LogP contribution in [-0.2, 0) is 14.3 Å². The Kier molecular flexibility index (Phi) is 5.79. The largest absolute Gasteiger partial charge is 0.480 e. The van der Waals surface area contributed by atoms with Crippen molar-refractivity contribution in [2.45, 2.75) is 64.5 Å². The molecule has 1 aliphatic carbocycles. The highest BCUT2D eigenvalue weighted by Gasteiger charge is 2.38. The molecule has 19 heavy (non-hydrogen) atoms. The van der Waals surface area contributed by atoms with E-state index in [0.29, 0.717) is 31.8 Å². The van der Waals surface area contributed by atoms with E-state index in [2.05, 4.69) is 5.32 Å². The Bertz CT molecular complexity index is 319. The van der Waals surface area contributed by atoms with Crippen molar-refractivity contribution in [2.75, 3.05) is 6.61 Å². The monoisotopic (exact) mass is 271 g/mol. The van der Waals surface area contributed by atoms with Crippen LogP contribution in [0.5, 0.6) is 0 Å². The quantitative estimate of drug-likeness (QED) is 0.707. The van der Waals surface area contributed by atoms with E-state index in [1.807, 2.05) is 6.92 Å². The summed E-state index contributed by atoms with van der Waals surface area (Å²) in [6, 6.07) is 0. The number of ether oxygens (including phenoxy) is 1. The lowest BCUT2D eigenvalue weighted by Gasteiger charge is -2.35. The third-order valence-electron chi connectivity index (χ3n) is 4.06. The first-order valence-corrected chi connectivity index (χ1v) is 7.13. The molecule has 1 fully saturated rings. The van der Waals surface area contributed by atoms with Gasteiger partial charge in [-0.2, -0.15) is 0 Å². The van der Waals surface area contributed by atoms with E-state index in [4.69, 9.17) is 4.74 Å². The van der Waals surface area contributed by atoms with Crippen LogP contribution in [0, 0.1) is 5.92 Å². The van der Waals surface area contributed by atoms with E-state index in [9.17, 15) is 14.7 Å². The van der Waals surface area contributed by atoms with E-state index >= 15 is 0 Å². The summed E-state index contributed by atoms with van der Waals surface area (Å²) >= 11 is 0. The van der Waals surface area contributed by atoms with Crippen LogP contribution in [0.15, 0.2) is 0 Å². The molecular weight excluding hydrogens is 246 g/mol. The number of carbonyl (C=O) groups is 2. The molecule has 0 saturated heterocycles. The van der Waals surface area contributed by atoms with Gasteiger partial charge in [-0.25, -0.2) is 4.79 Å². The van der Waals surface area contributed by atoms with Gasteiger partial charge in [0.1, 0.15) is 5.54 Å². The van der Waals surface area contributed by atoms with Gasteiger partial charge in [-0.15, -0.1) is 0 Å². The van der Waals surface area contributed by atoms with Crippen LogP contribution in [0.25, 0.3) is 0 Å². The molecule has 5 nitrogen and oxygen atoms in total. The summed E-state index contributed by atoms with van der Waals surface area (Å²) in [4.78, 5) is 23.2. The van der Waals surface area contributed by atoms with Gasteiger partial charge >= 0.3 is 5.97 Å². The number of aliphatic carboxylic acids is 1. The minimum Gasteiger partial charge on any atom is -0.480 e. The van der Waals surface area contributed by atoms with Gasteiger partial charge in [-0.1, -0.05) is 13.8 Å². The van der Waals surface area contributed by atoms with E-state index in [1.165, 1.54) is 0 Å². The Labute approximate surface area is 114 Å². The fourth-order valence-electron chi connectivity index (χ4n) is 2.58. The molecule has 1 rings (SSSR count). The highest BCUT2D eigenvalue weighted by molar-refractivity contribution is 5.87. The number of hydrogen-bond donors (Lipinski definition) is 2. The summed E-state index contributed by atoms with van der Waals surface area (Å²) in [5.74, 6) is -0.783. The van der Waals surface area contributed by atoms with Crippen LogP contribution in [0.1, 0.15) is 52.9 Å². The minimum atomic E-state index is -1.11. The molecule has 1 aliphatic rings. The summed E-state index contributed by atoms with van der Waals surface area (Å²) in [5, 5.41) is 12.0. The number of carbonyl (C=O) groups excluding carboxylic acids is 1. The highest BCUT2D eigenvalue weighted by Crippen LogP contribution is 2.32. The zero-order chi connectivity index (χ0) is 14.5. The first-order chi connectivity index (χ1) is 8.97. The fraction of sp³-hybridized carbons (Fsp3) is 0.857. The van der Waals surface area contributed by atoms with Gasteiger partial charge in [0.25, 0.3) is 0 Å². The molecule has 0 bridgehead atoms. The third-order valence-corrected chi connectivity index (χ3v) is 4.06.